The first-order valence-electron chi connectivity index (χ1n) is 6.52. The van der Waals surface area contributed by atoms with Gasteiger partial charge >= 0.3 is 0 Å². The zero-order chi connectivity index (χ0) is 14.3. The van der Waals surface area contributed by atoms with Crippen molar-refractivity contribution >= 4 is 23.2 Å². The second-order valence-corrected chi connectivity index (χ2v) is 5.91. The van der Waals surface area contributed by atoms with Crippen LogP contribution < -0.4 is 4.90 Å². The van der Waals surface area contributed by atoms with Crippen molar-refractivity contribution in [3.05, 3.63) is 58.9 Å². The second-order valence-electron chi connectivity index (χ2n) is 5.52. The Kier molecular flexibility index (Phi) is 3.02. The monoisotopic (exact) mass is 286 g/mol. The average molecular weight is 287 g/mol. The molecule has 2 heterocycles. The summed E-state index contributed by atoms with van der Waals surface area (Å²) in [5.41, 5.74) is 2.55. The fraction of sp³-hybridized carbons (Fsp3) is 0.250. The van der Waals surface area contributed by atoms with Crippen LogP contribution in [0.25, 0.3) is 0 Å². The van der Waals surface area contributed by atoms with E-state index < -0.39 is 5.41 Å². The number of amides is 1. The first-order chi connectivity index (χ1) is 9.50. The molecule has 1 aromatic heterocycles. The van der Waals surface area contributed by atoms with E-state index in [2.05, 4.69) is 4.98 Å². The zero-order valence-corrected chi connectivity index (χ0v) is 12.2. The van der Waals surface area contributed by atoms with Gasteiger partial charge < -0.3 is 4.90 Å². The highest BCUT2D eigenvalue weighted by molar-refractivity contribution is 6.29. The minimum absolute atomic E-state index is 0.117. The van der Waals surface area contributed by atoms with Crippen LogP contribution in [-0.2, 0) is 16.8 Å². The number of para-hydroxylation sites is 1. The molecule has 20 heavy (non-hydrogen) atoms. The average Bonchev–Trinajstić information content (AvgIpc) is 2.61. The van der Waals surface area contributed by atoms with E-state index in [0.717, 1.165) is 16.8 Å². The first-order valence-corrected chi connectivity index (χ1v) is 6.90. The third kappa shape index (κ3) is 1.98. The number of rotatable bonds is 2. The van der Waals surface area contributed by atoms with E-state index >= 15 is 0 Å². The molecule has 0 spiro atoms. The van der Waals surface area contributed by atoms with E-state index in [1.165, 1.54) is 0 Å². The lowest BCUT2D eigenvalue weighted by Crippen LogP contribution is -2.35. The molecule has 4 heteroatoms. The minimum Gasteiger partial charge on any atom is -0.307 e. The molecule has 1 aromatic carbocycles. The highest BCUT2D eigenvalue weighted by Gasteiger charge is 2.43. The Hall–Kier alpha value is -1.87. The number of carbonyl (C=O) groups is 1. The van der Waals surface area contributed by atoms with Gasteiger partial charge in [-0.3, -0.25) is 4.79 Å². The number of aromatic nitrogens is 1. The topological polar surface area (TPSA) is 33.2 Å². The Morgan fingerprint density at radius 3 is 2.75 bits per heavy atom. The highest BCUT2D eigenvalue weighted by atomic mass is 35.5. The standard InChI is InChI=1S/C16H15ClN2O/c1-16(2)12-5-3-4-6-13(12)19(15(16)20)10-11-7-8-18-14(17)9-11/h3-9H,10H2,1-2H3. The molecule has 0 saturated carbocycles. The van der Waals surface area contributed by atoms with E-state index in [0.29, 0.717) is 11.7 Å². The third-order valence-electron chi connectivity index (χ3n) is 3.78. The molecular formula is C16H15ClN2O. The highest BCUT2D eigenvalue weighted by Crippen LogP contribution is 2.41. The number of hydrogen-bond acceptors (Lipinski definition) is 2. The first kappa shape index (κ1) is 13.1. The van der Waals surface area contributed by atoms with Gasteiger partial charge in [0.1, 0.15) is 5.15 Å². The maximum atomic E-state index is 12.7. The number of hydrogen-bond donors (Lipinski definition) is 0. The maximum Gasteiger partial charge on any atom is 0.237 e. The molecule has 0 fully saturated rings. The van der Waals surface area contributed by atoms with E-state index in [1.54, 1.807) is 12.3 Å². The summed E-state index contributed by atoms with van der Waals surface area (Å²) >= 11 is 5.91. The van der Waals surface area contributed by atoms with Crippen LogP contribution in [-0.4, -0.2) is 10.9 Å². The molecule has 2 aromatic rings. The van der Waals surface area contributed by atoms with Crippen LogP contribution in [0.2, 0.25) is 5.15 Å². The van der Waals surface area contributed by atoms with Gasteiger partial charge in [0.15, 0.2) is 0 Å². The molecule has 0 unspecified atom stereocenters. The summed E-state index contributed by atoms with van der Waals surface area (Å²) in [4.78, 5) is 18.4. The molecule has 0 bridgehead atoms. The van der Waals surface area contributed by atoms with Crippen molar-refractivity contribution in [1.82, 2.24) is 4.98 Å². The largest absolute Gasteiger partial charge is 0.307 e. The van der Waals surface area contributed by atoms with Gasteiger partial charge in [-0.1, -0.05) is 29.8 Å². The Labute approximate surface area is 123 Å². The lowest BCUT2D eigenvalue weighted by Gasteiger charge is -2.20. The van der Waals surface area contributed by atoms with Crippen LogP contribution >= 0.6 is 11.6 Å². The number of fused-ring (bicyclic) bond motifs is 1. The van der Waals surface area contributed by atoms with Crippen LogP contribution in [0.4, 0.5) is 5.69 Å². The van der Waals surface area contributed by atoms with Crippen molar-refractivity contribution in [3.63, 3.8) is 0 Å². The van der Waals surface area contributed by atoms with Gasteiger partial charge in [0.25, 0.3) is 0 Å². The number of halogens is 1. The molecule has 1 aliphatic rings. The molecule has 0 saturated heterocycles. The smallest absolute Gasteiger partial charge is 0.237 e. The van der Waals surface area contributed by atoms with E-state index in [9.17, 15) is 4.79 Å². The lowest BCUT2D eigenvalue weighted by atomic mass is 9.86. The summed E-state index contributed by atoms with van der Waals surface area (Å²) < 4.78 is 0. The summed E-state index contributed by atoms with van der Waals surface area (Å²) in [6.45, 7) is 4.45. The number of carbonyl (C=O) groups excluding carboxylic acids is 1. The molecule has 0 atom stereocenters. The van der Waals surface area contributed by atoms with Crippen molar-refractivity contribution in [2.45, 2.75) is 25.8 Å². The van der Waals surface area contributed by atoms with E-state index in [4.69, 9.17) is 11.6 Å². The van der Waals surface area contributed by atoms with Gasteiger partial charge in [-0.25, -0.2) is 4.98 Å². The molecule has 0 aliphatic carbocycles. The van der Waals surface area contributed by atoms with Crippen LogP contribution in [0, 0.1) is 0 Å². The second kappa shape index (κ2) is 4.60. The van der Waals surface area contributed by atoms with Crippen LogP contribution in [0.5, 0.6) is 0 Å². The van der Waals surface area contributed by atoms with Crippen molar-refractivity contribution in [2.75, 3.05) is 4.90 Å². The van der Waals surface area contributed by atoms with E-state index in [-0.39, 0.29) is 5.91 Å². The number of nitrogens with zero attached hydrogens (tertiary/aromatic N) is 2. The third-order valence-corrected chi connectivity index (χ3v) is 3.99. The molecule has 0 N–H and O–H groups in total. The van der Waals surface area contributed by atoms with Gasteiger partial charge in [0.05, 0.1) is 12.0 Å². The van der Waals surface area contributed by atoms with E-state index in [1.807, 2.05) is 49.1 Å². The Balaban J connectivity index is 2.01. The SMILES string of the molecule is CC1(C)C(=O)N(Cc2ccnc(Cl)c2)c2ccccc21. The Morgan fingerprint density at radius 2 is 2.00 bits per heavy atom. The quantitative estimate of drug-likeness (QED) is 0.791. The normalized spacial score (nSPS) is 16.4. The predicted octanol–water partition coefficient (Wildman–Crippen LogP) is 3.56. The zero-order valence-electron chi connectivity index (χ0n) is 11.4. The molecule has 3 rings (SSSR count). The molecular weight excluding hydrogens is 272 g/mol. The van der Waals surface area contributed by atoms with Crippen LogP contribution in [0.1, 0.15) is 25.0 Å². The summed E-state index contributed by atoms with van der Waals surface area (Å²) in [5, 5.41) is 0.446. The fourth-order valence-corrected chi connectivity index (χ4v) is 2.88. The van der Waals surface area contributed by atoms with Crippen LogP contribution in [0.15, 0.2) is 42.6 Å². The number of anilines is 1. The number of pyridine rings is 1. The predicted molar refractivity (Wildman–Crippen MR) is 79.9 cm³/mol. The number of benzene rings is 1. The molecule has 0 radical (unpaired) electrons. The summed E-state index contributed by atoms with van der Waals surface area (Å²) in [5.74, 6) is 0.117. The Morgan fingerprint density at radius 1 is 1.25 bits per heavy atom. The van der Waals surface area contributed by atoms with Gasteiger partial charge in [-0.2, -0.15) is 0 Å². The van der Waals surface area contributed by atoms with Gasteiger partial charge in [-0.15, -0.1) is 0 Å². The van der Waals surface area contributed by atoms with Gasteiger partial charge in [0, 0.05) is 11.9 Å². The lowest BCUT2D eigenvalue weighted by molar-refractivity contribution is -0.122. The van der Waals surface area contributed by atoms with Crippen molar-refractivity contribution in [2.24, 2.45) is 0 Å². The molecule has 3 nitrogen and oxygen atoms in total. The molecule has 1 aliphatic heterocycles. The molecule has 102 valence electrons. The van der Waals surface area contributed by atoms with Gasteiger partial charge in [-0.05, 0) is 43.2 Å². The maximum absolute atomic E-state index is 12.7. The fourth-order valence-electron chi connectivity index (χ4n) is 2.68. The van der Waals surface area contributed by atoms with Crippen molar-refractivity contribution in [3.8, 4) is 0 Å². The minimum atomic E-state index is -0.479. The van der Waals surface area contributed by atoms with Crippen LogP contribution in [0.3, 0.4) is 0 Å². The van der Waals surface area contributed by atoms with Crippen molar-refractivity contribution < 1.29 is 4.79 Å². The summed E-state index contributed by atoms with van der Waals surface area (Å²) in [6, 6.07) is 11.6. The van der Waals surface area contributed by atoms with Gasteiger partial charge in [0.2, 0.25) is 5.91 Å². The summed E-state index contributed by atoms with van der Waals surface area (Å²) in [6.07, 6.45) is 1.66. The van der Waals surface area contributed by atoms with Crippen molar-refractivity contribution in [1.29, 1.82) is 0 Å². The molecule has 1 amide bonds. The Bertz CT molecular complexity index is 682. The summed E-state index contributed by atoms with van der Waals surface area (Å²) in [7, 11) is 0.